The summed E-state index contributed by atoms with van der Waals surface area (Å²) in [7, 11) is -1.27. The molecule has 8 heteroatoms. The van der Waals surface area contributed by atoms with Gasteiger partial charge in [-0.25, -0.2) is 0 Å². The molecule has 0 saturated heterocycles. The first-order chi connectivity index (χ1) is 23.3. The van der Waals surface area contributed by atoms with Gasteiger partial charge in [-0.05, 0) is 56.3 Å². The van der Waals surface area contributed by atoms with Crippen LogP contribution in [0.5, 0.6) is 0 Å². The maximum absolute atomic E-state index is 13.3. The third-order valence-electron chi connectivity index (χ3n) is 7.75. The number of hydrogen-bond acceptors (Lipinski definition) is 3. The van der Waals surface area contributed by atoms with Crippen molar-refractivity contribution in [1.82, 2.24) is 9.97 Å². The fourth-order valence-electron chi connectivity index (χ4n) is 5.65. The van der Waals surface area contributed by atoms with Crippen LogP contribution in [-0.2, 0) is 26.5 Å². The molecule has 0 N–H and O–H groups in total. The SMILES string of the molecule is Cc1cc(-c2[c-]cccc2)ncc1[Si](C)(C)C.[2H]C([2H])(c1ccnc(-c2[c-]ccc3c2sc2c(-c4ccccc4)cccc23)c1)C(F)(F)F.[Ir]. The van der Waals surface area contributed by atoms with Gasteiger partial charge in [-0.2, -0.15) is 24.5 Å². The van der Waals surface area contributed by atoms with Crippen molar-refractivity contribution in [3.05, 3.63) is 139 Å². The molecule has 2 nitrogen and oxygen atoms in total. The molecule has 7 aromatic rings. The number of aryl methyl sites for hydroxylation is 1. The molecule has 0 spiro atoms. The Kier molecular flexibility index (Phi) is 9.96. The van der Waals surface area contributed by atoms with Gasteiger partial charge in [0.15, 0.2) is 0 Å². The van der Waals surface area contributed by atoms with Gasteiger partial charge in [0.05, 0.1) is 14.4 Å². The fourth-order valence-corrected chi connectivity index (χ4v) is 8.70. The Balaban J connectivity index is 0.000000229. The van der Waals surface area contributed by atoms with Gasteiger partial charge in [0.1, 0.15) is 0 Å². The van der Waals surface area contributed by atoms with Crippen molar-refractivity contribution in [3.63, 3.8) is 0 Å². The first-order valence-corrected chi connectivity index (χ1v) is 19.5. The van der Waals surface area contributed by atoms with Crippen LogP contribution in [-0.4, -0.2) is 24.2 Å². The zero-order valence-electron chi connectivity index (χ0n) is 28.7. The summed E-state index contributed by atoms with van der Waals surface area (Å²) in [6.07, 6.45) is -5.23. The van der Waals surface area contributed by atoms with Crippen LogP contribution in [0.15, 0.2) is 116 Å². The van der Waals surface area contributed by atoms with Crippen LogP contribution in [0, 0.1) is 19.1 Å². The molecule has 245 valence electrons. The second kappa shape index (κ2) is 14.7. The van der Waals surface area contributed by atoms with E-state index >= 15 is 0 Å². The van der Waals surface area contributed by atoms with Gasteiger partial charge >= 0.3 is 6.18 Å². The van der Waals surface area contributed by atoms with Crippen LogP contribution >= 0.6 is 11.3 Å². The molecule has 0 aliphatic rings. The largest absolute Gasteiger partial charge is 0.393 e. The van der Waals surface area contributed by atoms with Crippen LogP contribution in [0.2, 0.25) is 19.6 Å². The van der Waals surface area contributed by atoms with E-state index in [4.69, 9.17) is 2.74 Å². The molecule has 0 atom stereocenters. The minimum Gasteiger partial charge on any atom is -0.305 e. The summed E-state index contributed by atoms with van der Waals surface area (Å²) in [6, 6.07) is 38.4. The smallest absolute Gasteiger partial charge is 0.305 e. The first-order valence-electron chi connectivity index (χ1n) is 16.1. The Hall–Kier alpha value is -3.94. The normalized spacial score (nSPS) is 12.5. The molecule has 1 radical (unpaired) electrons. The van der Waals surface area contributed by atoms with E-state index in [2.05, 4.69) is 67.0 Å². The van der Waals surface area contributed by atoms with E-state index in [0.29, 0.717) is 5.56 Å². The maximum Gasteiger partial charge on any atom is 0.393 e. The first kappa shape index (κ1) is 32.6. The van der Waals surface area contributed by atoms with Crippen molar-refractivity contribution in [3.8, 4) is 33.6 Å². The number of nitrogens with zero attached hydrogens (tertiary/aromatic N) is 2. The summed E-state index contributed by atoms with van der Waals surface area (Å²) < 4.78 is 56.8. The predicted octanol–water partition coefficient (Wildman–Crippen LogP) is 11.1. The number of alkyl halides is 3. The summed E-state index contributed by atoms with van der Waals surface area (Å²) in [6.45, 7) is 9.24. The molecule has 0 aliphatic carbocycles. The molecule has 0 fully saturated rings. The quantitative estimate of drug-likeness (QED) is 0.127. The molecule has 3 heterocycles. The molecule has 48 heavy (non-hydrogen) atoms. The van der Waals surface area contributed by atoms with Gasteiger partial charge in [-0.15, -0.1) is 59.7 Å². The van der Waals surface area contributed by atoms with E-state index in [1.54, 1.807) is 6.07 Å². The summed E-state index contributed by atoms with van der Waals surface area (Å²) in [4.78, 5) is 8.83. The standard InChI is InChI=1S/C25H15F3NS.C15H18NSi.Ir/c26-25(27,28)15-16-12-13-29-22(14-16)21-11-5-10-20-19-9-4-8-18(23(19)30-24(20)21)17-6-2-1-3-7-17;1-12-10-14(13-8-6-5-7-9-13)16-11-15(12)17(2,3)4;/h1-10,12-14H,15H2;5-8,10-11H,1-4H3;/q2*-1;/i15D2;;. The van der Waals surface area contributed by atoms with E-state index in [9.17, 15) is 13.2 Å². The van der Waals surface area contributed by atoms with Gasteiger partial charge in [-0.1, -0.05) is 91.3 Å². The molecule has 0 amide bonds. The van der Waals surface area contributed by atoms with Crippen LogP contribution in [0.25, 0.3) is 53.8 Å². The monoisotopic (exact) mass is 853 g/mol. The predicted molar refractivity (Wildman–Crippen MR) is 193 cm³/mol. The number of benzene rings is 4. The van der Waals surface area contributed by atoms with Crippen molar-refractivity contribution in [2.45, 2.75) is 39.1 Å². The minimum atomic E-state index is -5.02. The molecular formula is C40H33F3IrN2SSi-2. The van der Waals surface area contributed by atoms with Gasteiger partial charge in [0.25, 0.3) is 0 Å². The van der Waals surface area contributed by atoms with Crippen molar-refractivity contribution < 1.29 is 36.0 Å². The average molecular weight is 853 g/mol. The molecule has 3 aromatic heterocycles. The Bertz CT molecular complexity index is 2250. The Morgan fingerprint density at radius 2 is 1.54 bits per heavy atom. The van der Waals surface area contributed by atoms with Gasteiger partial charge in [0, 0.05) is 39.9 Å². The average Bonchev–Trinajstić information content (AvgIpc) is 3.47. The van der Waals surface area contributed by atoms with Crippen LogP contribution in [0.1, 0.15) is 13.9 Å². The number of pyridine rings is 2. The molecule has 0 saturated carbocycles. The summed E-state index contributed by atoms with van der Waals surface area (Å²) in [5, 5.41) is 3.45. The van der Waals surface area contributed by atoms with E-state index in [1.165, 1.54) is 34.4 Å². The zero-order valence-corrected chi connectivity index (χ0v) is 31.0. The van der Waals surface area contributed by atoms with Gasteiger partial charge < -0.3 is 9.97 Å². The number of aromatic nitrogens is 2. The molecule has 0 bridgehead atoms. The minimum absolute atomic E-state index is 0. The van der Waals surface area contributed by atoms with Crippen LogP contribution < -0.4 is 5.19 Å². The third kappa shape index (κ3) is 8.01. The van der Waals surface area contributed by atoms with E-state index in [0.717, 1.165) is 48.6 Å². The number of halogens is 3. The zero-order chi connectivity index (χ0) is 35.0. The second-order valence-electron chi connectivity index (χ2n) is 12.2. The Morgan fingerprint density at radius 1 is 0.792 bits per heavy atom. The van der Waals surface area contributed by atoms with E-state index in [-0.39, 0.29) is 25.8 Å². The molecular weight excluding hydrogens is 818 g/mol. The Morgan fingerprint density at radius 3 is 2.23 bits per heavy atom. The van der Waals surface area contributed by atoms with E-state index < -0.39 is 26.2 Å². The molecule has 7 rings (SSSR count). The topological polar surface area (TPSA) is 25.8 Å². The summed E-state index contributed by atoms with van der Waals surface area (Å²) >= 11 is 1.54. The molecule has 0 aliphatic heterocycles. The maximum atomic E-state index is 13.3. The van der Waals surface area contributed by atoms with Crippen LogP contribution in [0.3, 0.4) is 0 Å². The van der Waals surface area contributed by atoms with Crippen molar-refractivity contribution in [2.24, 2.45) is 0 Å². The summed E-state index contributed by atoms with van der Waals surface area (Å²) in [5.74, 6) is 0. The third-order valence-corrected chi connectivity index (χ3v) is 11.2. The second-order valence-corrected chi connectivity index (χ2v) is 18.3. The summed E-state index contributed by atoms with van der Waals surface area (Å²) in [5.41, 5.74) is 5.93. The van der Waals surface area contributed by atoms with Crippen molar-refractivity contribution >= 4 is 44.8 Å². The number of thiophene rings is 1. The fraction of sp³-hybridized carbons (Fsp3) is 0.150. The number of fused-ring (bicyclic) bond motifs is 3. The Labute approximate surface area is 300 Å². The van der Waals surface area contributed by atoms with Gasteiger partial charge in [-0.3, -0.25) is 0 Å². The number of rotatable bonds is 5. The molecule has 4 aromatic carbocycles. The van der Waals surface area contributed by atoms with Crippen molar-refractivity contribution in [2.75, 3.05) is 0 Å². The number of hydrogen-bond donors (Lipinski definition) is 0. The van der Waals surface area contributed by atoms with E-state index in [1.807, 2.05) is 72.8 Å². The van der Waals surface area contributed by atoms with Gasteiger partial charge in [0.2, 0.25) is 0 Å². The molecule has 0 unspecified atom stereocenters. The van der Waals surface area contributed by atoms with Crippen molar-refractivity contribution in [1.29, 1.82) is 0 Å². The van der Waals surface area contributed by atoms with Crippen LogP contribution in [0.4, 0.5) is 13.2 Å².